The van der Waals surface area contributed by atoms with Crippen LogP contribution >= 0.6 is 0 Å². The molecule has 3 atom stereocenters. The van der Waals surface area contributed by atoms with Crippen LogP contribution in [-0.2, 0) is 0 Å². The molecule has 0 radical (unpaired) electrons. The molecule has 9 heteroatoms. The van der Waals surface area contributed by atoms with Gasteiger partial charge < -0.3 is 20.6 Å². The summed E-state index contributed by atoms with van der Waals surface area (Å²) in [4.78, 5) is 11.5. The first kappa shape index (κ1) is 25.4. The molecule has 0 spiro atoms. The van der Waals surface area contributed by atoms with Crippen molar-refractivity contribution in [3.63, 3.8) is 0 Å². The van der Waals surface area contributed by atoms with E-state index in [1.165, 1.54) is 0 Å². The van der Waals surface area contributed by atoms with Crippen LogP contribution in [0.25, 0.3) is 11.3 Å². The second-order valence-electron chi connectivity index (χ2n) is 10.7. The summed E-state index contributed by atoms with van der Waals surface area (Å²) in [5.41, 5.74) is 10.3. The molecule has 3 saturated heterocycles. The molecule has 3 unspecified atom stereocenters. The number of nitrogen functional groups attached to an aromatic ring is 1. The van der Waals surface area contributed by atoms with Gasteiger partial charge in [-0.15, -0.1) is 10.2 Å². The lowest BCUT2D eigenvalue weighted by Gasteiger charge is -2.43. The van der Waals surface area contributed by atoms with Crippen molar-refractivity contribution in [3.05, 3.63) is 54.4 Å². The SMILES string of the molecule is Nc1nnc(-c2ccccc2O)cc1N1CC2CCC(C1)N2c1ccnc(C#CCN2CCCC(F)CC2)c1. The van der Waals surface area contributed by atoms with Gasteiger partial charge in [-0.3, -0.25) is 4.90 Å². The molecule has 8 nitrogen and oxygen atoms in total. The lowest BCUT2D eigenvalue weighted by molar-refractivity contribution is 0.281. The minimum Gasteiger partial charge on any atom is -0.507 e. The van der Waals surface area contributed by atoms with E-state index in [0.29, 0.717) is 48.5 Å². The topological polar surface area (TPSA) is 94.6 Å². The number of fused-ring (bicyclic) bond motifs is 2. The van der Waals surface area contributed by atoms with Crippen LogP contribution in [0.2, 0.25) is 0 Å². The molecule has 0 aliphatic carbocycles. The number of halogens is 1. The Hall–Kier alpha value is -3.90. The average Bonchev–Trinajstić information content (AvgIpc) is 3.07. The van der Waals surface area contributed by atoms with Gasteiger partial charge in [-0.2, -0.15) is 0 Å². The highest BCUT2D eigenvalue weighted by atomic mass is 19.1. The van der Waals surface area contributed by atoms with E-state index in [0.717, 1.165) is 62.5 Å². The highest BCUT2D eigenvalue weighted by molar-refractivity contribution is 5.74. The summed E-state index contributed by atoms with van der Waals surface area (Å²) in [5.74, 6) is 7.06. The van der Waals surface area contributed by atoms with Crippen LogP contribution in [0.1, 0.15) is 37.8 Å². The molecule has 0 amide bonds. The lowest BCUT2D eigenvalue weighted by Crippen LogP contribution is -2.54. The number of benzene rings is 1. The number of hydrogen-bond acceptors (Lipinski definition) is 8. The fourth-order valence-electron chi connectivity index (χ4n) is 6.15. The number of nitrogens with zero attached hydrogens (tertiary/aromatic N) is 6. The fraction of sp³-hybridized carbons (Fsp3) is 0.433. The Bertz CT molecular complexity index is 1370. The zero-order chi connectivity index (χ0) is 26.8. The Labute approximate surface area is 228 Å². The normalized spacial score (nSPS) is 23.3. The first-order valence-corrected chi connectivity index (χ1v) is 13.8. The number of phenolic OH excluding ortho intramolecular Hbond substituents is 1. The van der Waals surface area contributed by atoms with Crippen molar-refractivity contribution < 1.29 is 9.50 Å². The van der Waals surface area contributed by atoms with Gasteiger partial charge in [0.1, 0.15) is 17.6 Å². The minimum absolute atomic E-state index is 0.170. The minimum atomic E-state index is -0.678. The van der Waals surface area contributed by atoms with Crippen molar-refractivity contribution in [2.75, 3.05) is 48.3 Å². The zero-order valence-electron chi connectivity index (χ0n) is 22.0. The highest BCUT2D eigenvalue weighted by Gasteiger charge is 2.40. The summed E-state index contributed by atoms with van der Waals surface area (Å²) < 4.78 is 13.6. The standard InChI is InChI=1S/C30H34FN7O/c31-21-5-3-14-36(16-12-21)15-4-6-22-17-23(11-13-33-22)38-24-9-10-25(38)20-37(19-24)28-18-27(34-35-30(28)32)26-7-1-2-8-29(26)39/h1-2,7-8,11,13,17-18,21,24-25,39H,3,5,9-10,12,14-16,19-20H2,(H2,32,35). The van der Waals surface area contributed by atoms with Crippen molar-refractivity contribution >= 4 is 17.2 Å². The Morgan fingerprint density at radius 1 is 1.00 bits per heavy atom. The Balaban J connectivity index is 1.16. The molecule has 6 rings (SSSR count). The third-order valence-electron chi connectivity index (χ3n) is 8.12. The predicted octanol–water partition coefficient (Wildman–Crippen LogP) is 3.86. The van der Waals surface area contributed by atoms with Gasteiger partial charge in [0, 0.05) is 49.2 Å². The number of pyridine rings is 1. The number of hydrogen-bond donors (Lipinski definition) is 2. The zero-order valence-corrected chi connectivity index (χ0v) is 22.0. The van der Waals surface area contributed by atoms with Crippen LogP contribution < -0.4 is 15.5 Å². The molecule has 3 N–H and O–H groups in total. The summed E-state index contributed by atoms with van der Waals surface area (Å²) in [7, 11) is 0. The average molecular weight is 528 g/mol. The van der Waals surface area contributed by atoms with Gasteiger partial charge in [-0.25, -0.2) is 9.37 Å². The van der Waals surface area contributed by atoms with Crippen molar-refractivity contribution in [1.82, 2.24) is 20.1 Å². The molecule has 2 bridgehead atoms. The number of para-hydroxylation sites is 1. The predicted molar refractivity (Wildman–Crippen MR) is 151 cm³/mol. The van der Waals surface area contributed by atoms with Crippen LogP contribution in [0.3, 0.4) is 0 Å². The number of rotatable bonds is 4. The molecule has 2 aromatic heterocycles. The third-order valence-corrected chi connectivity index (χ3v) is 8.12. The first-order valence-electron chi connectivity index (χ1n) is 13.8. The molecular weight excluding hydrogens is 493 g/mol. The largest absolute Gasteiger partial charge is 0.507 e. The molecule has 3 aromatic rings. The van der Waals surface area contributed by atoms with E-state index >= 15 is 0 Å². The van der Waals surface area contributed by atoms with E-state index in [1.54, 1.807) is 12.1 Å². The van der Waals surface area contributed by atoms with Gasteiger partial charge in [0.2, 0.25) is 0 Å². The Morgan fingerprint density at radius 3 is 2.64 bits per heavy atom. The number of nitrogens with two attached hydrogens (primary N) is 1. The Kier molecular flexibility index (Phi) is 7.20. The second kappa shape index (κ2) is 11.1. The monoisotopic (exact) mass is 527 g/mol. The maximum Gasteiger partial charge on any atom is 0.169 e. The maximum atomic E-state index is 13.6. The van der Waals surface area contributed by atoms with Gasteiger partial charge in [0.15, 0.2) is 5.82 Å². The molecule has 3 fully saturated rings. The second-order valence-corrected chi connectivity index (χ2v) is 10.7. The number of aromatic nitrogens is 3. The third kappa shape index (κ3) is 5.48. The van der Waals surface area contributed by atoms with E-state index < -0.39 is 6.17 Å². The van der Waals surface area contributed by atoms with Gasteiger partial charge in [0.05, 0.1) is 17.9 Å². The van der Waals surface area contributed by atoms with Gasteiger partial charge >= 0.3 is 0 Å². The van der Waals surface area contributed by atoms with E-state index in [1.807, 2.05) is 24.4 Å². The molecular formula is C30H34FN7O. The summed E-state index contributed by atoms with van der Waals surface area (Å²) in [6.07, 6.45) is 5.51. The summed E-state index contributed by atoms with van der Waals surface area (Å²) in [5, 5.41) is 18.8. The van der Waals surface area contributed by atoms with E-state index in [4.69, 9.17) is 5.73 Å². The van der Waals surface area contributed by atoms with E-state index in [2.05, 4.69) is 53.9 Å². The van der Waals surface area contributed by atoms with Crippen LogP contribution in [0, 0.1) is 11.8 Å². The van der Waals surface area contributed by atoms with Crippen molar-refractivity contribution in [3.8, 4) is 28.8 Å². The van der Waals surface area contributed by atoms with Crippen LogP contribution in [0.15, 0.2) is 48.7 Å². The van der Waals surface area contributed by atoms with Crippen molar-refractivity contribution in [2.45, 2.75) is 50.4 Å². The fourth-order valence-corrected chi connectivity index (χ4v) is 6.15. The maximum absolute atomic E-state index is 13.6. The van der Waals surface area contributed by atoms with Gasteiger partial charge in [-0.1, -0.05) is 18.1 Å². The van der Waals surface area contributed by atoms with Gasteiger partial charge in [-0.05, 0) is 74.9 Å². The molecule has 1 aromatic carbocycles. The molecule has 3 aliphatic heterocycles. The van der Waals surface area contributed by atoms with Crippen molar-refractivity contribution in [2.24, 2.45) is 0 Å². The van der Waals surface area contributed by atoms with Crippen molar-refractivity contribution in [1.29, 1.82) is 0 Å². The summed E-state index contributed by atoms with van der Waals surface area (Å²) >= 11 is 0. The summed E-state index contributed by atoms with van der Waals surface area (Å²) in [6.45, 7) is 3.96. The number of piperazine rings is 1. The molecule has 202 valence electrons. The number of anilines is 3. The van der Waals surface area contributed by atoms with E-state index in [9.17, 15) is 9.50 Å². The smallest absolute Gasteiger partial charge is 0.169 e. The first-order chi connectivity index (χ1) is 19.0. The molecule has 3 aliphatic rings. The Morgan fingerprint density at radius 2 is 1.82 bits per heavy atom. The molecule has 5 heterocycles. The van der Waals surface area contributed by atoms with Gasteiger partial charge in [0.25, 0.3) is 0 Å². The number of phenols is 1. The molecule has 0 saturated carbocycles. The quantitative estimate of drug-likeness (QED) is 0.494. The summed E-state index contributed by atoms with van der Waals surface area (Å²) in [6, 6.07) is 13.9. The number of alkyl halides is 1. The number of aromatic hydroxyl groups is 1. The van der Waals surface area contributed by atoms with E-state index in [-0.39, 0.29) is 5.75 Å². The van der Waals surface area contributed by atoms with Crippen LogP contribution in [0.5, 0.6) is 5.75 Å². The highest BCUT2D eigenvalue weighted by Crippen LogP contribution is 2.39. The van der Waals surface area contributed by atoms with Crippen LogP contribution in [-0.4, -0.2) is 76.2 Å². The number of likely N-dealkylation sites (tertiary alicyclic amines) is 1. The lowest BCUT2D eigenvalue weighted by atomic mass is 10.1. The van der Waals surface area contributed by atoms with Crippen LogP contribution in [0.4, 0.5) is 21.6 Å². The molecule has 39 heavy (non-hydrogen) atoms.